The van der Waals surface area contributed by atoms with Crippen LogP contribution in [0.3, 0.4) is 0 Å². The molecule has 0 aromatic carbocycles. The summed E-state index contributed by atoms with van der Waals surface area (Å²) in [4.78, 5) is 24.4. The Morgan fingerprint density at radius 1 is 1.10 bits per heavy atom. The minimum Gasteiger partial charge on any atom is -0.285 e. The number of pyridine rings is 2. The molecule has 2 aromatic heterocycles. The highest BCUT2D eigenvalue weighted by Crippen LogP contribution is 2.25. The van der Waals surface area contributed by atoms with Crippen LogP contribution >= 0.6 is 11.3 Å². The van der Waals surface area contributed by atoms with Crippen molar-refractivity contribution in [1.82, 2.24) is 19.4 Å². The molecule has 20 heavy (non-hydrogen) atoms. The van der Waals surface area contributed by atoms with Gasteiger partial charge in [0.15, 0.2) is 5.82 Å². The van der Waals surface area contributed by atoms with Crippen molar-refractivity contribution in [3.8, 4) is 21.8 Å². The van der Waals surface area contributed by atoms with E-state index in [1.54, 1.807) is 18.6 Å². The van der Waals surface area contributed by atoms with E-state index >= 15 is 0 Å². The Morgan fingerprint density at radius 3 is 2.80 bits per heavy atom. The van der Waals surface area contributed by atoms with Crippen molar-refractivity contribution < 1.29 is 0 Å². The topological polar surface area (TPSA) is 60.2 Å². The molecule has 0 aliphatic carbocycles. The van der Waals surface area contributed by atoms with Crippen LogP contribution in [0.2, 0.25) is 0 Å². The first-order valence-corrected chi connectivity index (χ1v) is 6.81. The molecule has 0 unspecified atom stereocenters. The fourth-order valence-corrected chi connectivity index (χ4v) is 2.84. The molecule has 0 saturated carbocycles. The van der Waals surface area contributed by atoms with E-state index in [0.29, 0.717) is 5.82 Å². The third-order valence-electron chi connectivity index (χ3n) is 3.11. The summed E-state index contributed by atoms with van der Waals surface area (Å²) < 4.78 is 1.83. The van der Waals surface area contributed by atoms with Gasteiger partial charge in [-0.05, 0) is 35.4 Å². The van der Waals surface area contributed by atoms with Crippen molar-refractivity contribution in [2.75, 3.05) is 0 Å². The van der Waals surface area contributed by atoms with Gasteiger partial charge in [-0.25, -0.2) is 4.98 Å². The van der Waals surface area contributed by atoms with Crippen molar-refractivity contribution in [3.05, 3.63) is 58.7 Å². The molecule has 96 valence electrons. The lowest BCUT2D eigenvalue weighted by atomic mass is 10.1. The van der Waals surface area contributed by atoms with Crippen LogP contribution < -0.4 is 4.87 Å². The minimum atomic E-state index is -0.194. The van der Waals surface area contributed by atoms with Crippen LogP contribution in [0.15, 0.2) is 53.8 Å². The maximum Gasteiger partial charge on any atom is 0.329 e. The molecule has 0 spiro atoms. The molecule has 6 heteroatoms. The molecule has 0 saturated heterocycles. The summed E-state index contributed by atoms with van der Waals surface area (Å²) in [5.41, 5.74) is 2.89. The average Bonchev–Trinajstić information content (AvgIpc) is 2.88. The van der Waals surface area contributed by atoms with Crippen LogP contribution in [-0.2, 0) is 0 Å². The molecule has 5 nitrogen and oxygen atoms in total. The first-order chi connectivity index (χ1) is 9.81. The number of nitrogens with zero attached hydrogens (tertiary/aromatic N) is 4. The molecule has 0 bridgehead atoms. The second kappa shape index (κ2) is 4.21. The lowest BCUT2D eigenvalue weighted by molar-refractivity contribution is 1.06. The summed E-state index contributed by atoms with van der Waals surface area (Å²) in [7, 11) is 0. The van der Waals surface area contributed by atoms with Gasteiger partial charge in [0.2, 0.25) is 0 Å². The smallest absolute Gasteiger partial charge is 0.285 e. The second-order valence-electron chi connectivity index (χ2n) is 4.31. The summed E-state index contributed by atoms with van der Waals surface area (Å²) >= 11 is 1.11. The van der Waals surface area contributed by atoms with Crippen LogP contribution in [0.25, 0.3) is 27.5 Å². The van der Waals surface area contributed by atoms with Crippen molar-refractivity contribution in [3.63, 3.8) is 0 Å². The maximum atomic E-state index is 11.4. The number of thiazole rings is 1. The lowest BCUT2D eigenvalue weighted by Crippen LogP contribution is -1.99. The summed E-state index contributed by atoms with van der Waals surface area (Å²) in [5, 5.41) is 0. The molecule has 0 amide bonds. The highest BCUT2D eigenvalue weighted by Gasteiger charge is 2.12. The minimum absolute atomic E-state index is 0.194. The van der Waals surface area contributed by atoms with Gasteiger partial charge in [0.25, 0.3) is 0 Å². The Kier molecular flexibility index (Phi) is 2.37. The van der Waals surface area contributed by atoms with Crippen LogP contribution in [0.5, 0.6) is 0 Å². The molecule has 4 rings (SSSR count). The standard InChI is InChI=1S/C14H8N4OS/c19-14-17-13-11(20-14)8-16-12-7-10(3-6-18(12)13)9-1-4-15-5-2-9/h1-8H. The van der Waals surface area contributed by atoms with Crippen molar-refractivity contribution in [2.45, 2.75) is 0 Å². The van der Waals surface area contributed by atoms with Crippen molar-refractivity contribution >= 4 is 17.0 Å². The lowest BCUT2D eigenvalue weighted by Gasteiger charge is -2.07. The molecule has 0 N–H and O–H groups in total. The van der Waals surface area contributed by atoms with Crippen LogP contribution in [0.4, 0.5) is 0 Å². The summed E-state index contributed by atoms with van der Waals surface area (Å²) in [6.45, 7) is 0. The first-order valence-electron chi connectivity index (χ1n) is 6.00. The molecule has 2 aromatic rings. The zero-order valence-electron chi connectivity index (χ0n) is 10.2. The van der Waals surface area contributed by atoms with E-state index in [1.807, 2.05) is 34.9 Å². The zero-order chi connectivity index (χ0) is 13.5. The Morgan fingerprint density at radius 2 is 1.95 bits per heavy atom. The summed E-state index contributed by atoms with van der Waals surface area (Å²) in [6, 6.07) is 7.85. The molecular formula is C14H8N4OS. The van der Waals surface area contributed by atoms with Gasteiger partial charge in [-0.1, -0.05) is 11.3 Å². The number of fused-ring (bicyclic) bond motifs is 3. The van der Waals surface area contributed by atoms with Gasteiger partial charge < -0.3 is 0 Å². The fraction of sp³-hybridized carbons (Fsp3) is 0. The van der Waals surface area contributed by atoms with Crippen molar-refractivity contribution in [1.29, 1.82) is 0 Å². The zero-order valence-corrected chi connectivity index (χ0v) is 11.0. The maximum absolute atomic E-state index is 11.4. The number of rotatable bonds is 1. The molecule has 0 fully saturated rings. The Balaban J connectivity index is 1.99. The van der Waals surface area contributed by atoms with Gasteiger partial charge in [-0.15, -0.1) is 0 Å². The predicted octanol–water partition coefficient (Wildman–Crippen LogP) is 2.32. The van der Waals surface area contributed by atoms with Gasteiger partial charge >= 0.3 is 4.87 Å². The van der Waals surface area contributed by atoms with Gasteiger partial charge in [-0.2, -0.15) is 4.98 Å². The monoisotopic (exact) mass is 280 g/mol. The number of hydrogen-bond donors (Lipinski definition) is 0. The number of hydrogen-bond acceptors (Lipinski definition) is 5. The van der Waals surface area contributed by atoms with Gasteiger partial charge in [0, 0.05) is 18.6 Å². The predicted molar refractivity (Wildman–Crippen MR) is 77.0 cm³/mol. The quantitative estimate of drug-likeness (QED) is 0.537. The van der Waals surface area contributed by atoms with E-state index in [9.17, 15) is 4.79 Å². The fourth-order valence-electron chi connectivity index (χ4n) is 2.18. The summed E-state index contributed by atoms with van der Waals surface area (Å²) in [5.74, 6) is 0.659. The van der Waals surface area contributed by atoms with E-state index in [-0.39, 0.29) is 4.87 Å². The summed E-state index contributed by atoms with van der Waals surface area (Å²) in [6.07, 6.45) is 7.10. The Hall–Kier alpha value is -2.60. The Bertz CT molecular complexity index is 929. The van der Waals surface area contributed by atoms with E-state index in [1.165, 1.54) is 0 Å². The van der Waals surface area contributed by atoms with Crippen LogP contribution in [-0.4, -0.2) is 19.4 Å². The van der Waals surface area contributed by atoms with Crippen molar-refractivity contribution in [2.24, 2.45) is 0 Å². The van der Waals surface area contributed by atoms with Gasteiger partial charge in [-0.3, -0.25) is 14.2 Å². The van der Waals surface area contributed by atoms with E-state index in [2.05, 4.69) is 15.0 Å². The van der Waals surface area contributed by atoms with E-state index < -0.39 is 0 Å². The highest BCUT2D eigenvalue weighted by atomic mass is 32.1. The van der Waals surface area contributed by atoms with Gasteiger partial charge in [0.05, 0.1) is 11.1 Å². The van der Waals surface area contributed by atoms with E-state index in [4.69, 9.17) is 0 Å². The molecular weight excluding hydrogens is 272 g/mol. The van der Waals surface area contributed by atoms with Crippen LogP contribution in [0, 0.1) is 0 Å². The molecule has 0 radical (unpaired) electrons. The Labute approximate surface area is 117 Å². The highest BCUT2D eigenvalue weighted by molar-refractivity contribution is 7.12. The van der Waals surface area contributed by atoms with Gasteiger partial charge in [0.1, 0.15) is 5.65 Å². The molecule has 2 aliphatic heterocycles. The second-order valence-corrected chi connectivity index (χ2v) is 5.30. The molecule has 0 atom stereocenters. The first kappa shape index (κ1) is 11.2. The normalized spacial score (nSPS) is 11.2. The third-order valence-corrected chi connectivity index (χ3v) is 3.88. The SMILES string of the molecule is O=c1nc2n3ccc(-c4ccncc4)cc3ncc-2s1. The largest absolute Gasteiger partial charge is 0.329 e. The van der Waals surface area contributed by atoms with Crippen LogP contribution in [0.1, 0.15) is 0 Å². The number of aromatic nitrogens is 4. The van der Waals surface area contributed by atoms with E-state index in [0.717, 1.165) is 33.0 Å². The molecule has 2 aliphatic rings. The molecule has 4 heterocycles. The average molecular weight is 280 g/mol. The third kappa shape index (κ3) is 1.70.